The van der Waals surface area contributed by atoms with Gasteiger partial charge in [-0.15, -0.1) is 0 Å². The number of rotatable bonds is 6. The average Bonchev–Trinajstić information content (AvgIpc) is 3.00. The van der Waals surface area contributed by atoms with Crippen molar-refractivity contribution < 1.29 is 19.1 Å². The van der Waals surface area contributed by atoms with E-state index < -0.39 is 24.5 Å². The van der Waals surface area contributed by atoms with E-state index in [0.29, 0.717) is 23.5 Å². The van der Waals surface area contributed by atoms with Crippen LogP contribution in [0.3, 0.4) is 0 Å². The number of esters is 1. The van der Waals surface area contributed by atoms with Crippen LogP contribution in [0.2, 0.25) is 0 Å². The van der Waals surface area contributed by atoms with Crippen molar-refractivity contribution in [2.45, 2.75) is 58.5 Å². The highest BCUT2D eigenvalue weighted by Crippen LogP contribution is 2.17. The fraction of sp³-hybridized carbons (Fsp3) is 0.455. The molecule has 30 heavy (non-hydrogen) atoms. The van der Waals surface area contributed by atoms with Gasteiger partial charge in [-0.2, -0.15) is 5.10 Å². The number of ether oxygens (including phenoxy) is 1. The normalized spacial score (nSPS) is 14.2. The molecule has 8 heteroatoms. The standard InChI is InChI=1S/C22H28N4O4/c1-15-20(16(2)26(25-15)13-17-9-5-3-6-10-17)21(28)30-14-19(27)24-22(29)23-18-11-7-4-8-12-18/h3,5-6,9-10,18H,4,7-8,11-14H2,1-2H3,(H2,23,24,27,29). The van der Waals surface area contributed by atoms with E-state index in [4.69, 9.17) is 4.74 Å². The maximum absolute atomic E-state index is 12.5. The molecule has 8 nitrogen and oxygen atoms in total. The van der Waals surface area contributed by atoms with Crippen molar-refractivity contribution in [2.75, 3.05) is 6.61 Å². The zero-order valence-corrected chi connectivity index (χ0v) is 17.4. The maximum Gasteiger partial charge on any atom is 0.342 e. The van der Waals surface area contributed by atoms with Crippen molar-refractivity contribution in [2.24, 2.45) is 0 Å². The quantitative estimate of drug-likeness (QED) is 0.711. The first-order chi connectivity index (χ1) is 14.4. The third kappa shape index (κ3) is 5.68. The van der Waals surface area contributed by atoms with Gasteiger partial charge in [0.15, 0.2) is 6.61 Å². The number of nitrogens with one attached hydrogen (secondary N) is 2. The number of hydrogen-bond donors (Lipinski definition) is 2. The van der Waals surface area contributed by atoms with Gasteiger partial charge in [-0.05, 0) is 32.3 Å². The van der Waals surface area contributed by atoms with E-state index in [1.165, 1.54) is 6.42 Å². The Kier molecular flexibility index (Phi) is 7.21. The van der Waals surface area contributed by atoms with E-state index in [9.17, 15) is 14.4 Å². The molecule has 0 bridgehead atoms. The summed E-state index contributed by atoms with van der Waals surface area (Å²) in [7, 11) is 0. The van der Waals surface area contributed by atoms with Crippen molar-refractivity contribution in [3.63, 3.8) is 0 Å². The highest BCUT2D eigenvalue weighted by molar-refractivity contribution is 5.97. The SMILES string of the molecule is Cc1nn(Cc2ccccc2)c(C)c1C(=O)OCC(=O)NC(=O)NC1CCCCC1. The summed E-state index contributed by atoms with van der Waals surface area (Å²) in [6.07, 6.45) is 5.17. The Balaban J connectivity index is 1.51. The number of carbonyl (C=O) groups is 3. The highest BCUT2D eigenvalue weighted by atomic mass is 16.5. The number of carbonyl (C=O) groups excluding carboxylic acids is 3. The van der Waals surface area contributed by atoms with Crippen LogP contribution in [-0.2, 0) is 16.1 Å². The number of imide groups is 1. The molecule has 0 saturated heterocycles. The number of aryl methyl sites for hydroxylation is 1. The number of hydrogen-bond acceptors (Lipinski definition) is 5. The van der Waals surface area contributed by atoms with Crippen molar-refractivity contribution >= 4 is 17.9 Å². The summed E-state index contributed by atoms with van der Waals surface area (Å²) in [5.41, 5.74) is 2.59. The Morgan fingerprint density at radius 1 is 1.10 bits per heavy atom. The lowest BCUT2D eigenvalue weighted by Gasteiger charge is -2.22. The van der Waals surface area contributed by atoms with Crippen LogP contribution in [0.5, 0.6) is 0 Å². The second-order valence-corrected chi connectivity index (χ2v) is 7.62. The average molecular weight is 412 g/mol. The zero-order chi connectivity index (χ0) is 21.5. The second-order valence-electron chi connectivity index (χ2n) is 7.62. The molecular formula is C22H28N4O4. The Morgan fingerprint density at radius 3 is 2.50 bits per heavy atom. The molecule has 0 radical (unpaired) electrons. The third-order valence-electron chi connectivity index (χ3n) is 5.29. The van der Waals surface area contributed by atoms with Crippen molar-refractivity contribution in [1.29, 1.82) is 0 Å². The van der Waals surface area contributed by atoms with Crippen LogP contribution in [0.15, 0.2) is 30.3 Å². The molecule has 1 saturated carbocycles. The highest BCUT2D eigenvalue weighted by Gasteiger charge is 2.22. The first kappa shape index (κ1) is 21.5. The van der Waals surface area contributed by atoms with Crippen molar-refractivity contribution in [3.05, 3.63) is 52.8 Å². The van der Waals surface area contributed by atoms with E-state index in [1.807, 2.05) is 30.3 Å². The van der Waals surface area contributed by atoms with Crippen LogP contribution >= 0.6 is 0 Å². The van der Waals surface area contributed by atoms with Gasteiger partial charge >= 0.3 is 12.0 Å². The minimum absolute atomic E-state index is 0.0925. The monoisotopic (exact) mass is 412 g/mol. The predicted molar refractivity (Wildman–Crippen MR) is 111 cm³/mol. The Labute approximate surface area is 176 Å². The van der Waals surface area contributed by atoms with Gasteiger partial charge in [0.2, 0.25) is 0 Å². The number of amides is 3. The summed E-state index contributed by atoms with van der Waals surface area (Å²) in [4.78, 5) is 36.4. The topological polar surface area (TPSA) is 102 Å². The third-order valence-corrected chi connectivity index (χ3v) is 5.29. The molecule has 1 aliphatic carbocycles. The maximum atomic E-state index is 12.5. The lowest BCUT2D eigenvalue weighted by atomic mass is 9.96. The van der Waals surface area contributed by atoms with Crippen LogP contribution < -0.4 is 10.6 Å². The molecule has 1 aliphatic rings. The number of nitrogens with zero attached hydrogens (tertiary/aromatic N) is 2. The Morgan fingerprint density at radius 2 is 1.80 bits per heavy atom. The second kappa shape index (κ2) is 10.0. The van der Waals surface area contributed by atoms with Crippen LogP contribution in [0, 0.1) is 13.8 Å². The first-order valence-electron chi connectivity index (χ1n) is 10.3. The van der Waals surface area contributed by atoms with Crippen LogP contribution in [0.1, 0.15) is 59.4 Å². The van der Waals surface area contributed by atoms with Gasteiger partial charge in [0.05, 0.1) is 17.9 Å². The molecule has 1 aromatic carbocycles. The van der Waals surface area contributed by atoms with E-state index in [2.05, 4.69) is 15.7 Å². The largest absolute Gasteiger partial charge is 0.452 e. The molecule has 3 rings (SSSR count). The van der Waals surface area contributed by atoms with Gasteiger partial charge in [0, 0.05) is 6.04 Å². The molecule has 0 atom stereocenters. The summed E-state index contributed by atoms with van der Waals surface area (Å²) in [5, 5.41) is 9.42. The molecule has 160 valence electrons. The van der Waals surface area contributed by atoms with Gasteiger partial charge in [-0.3, -0.25) is 14.8 Å². The van der Waals surface area contributed by atoms with Crippen molar-refractivity contribution in [3.8, 4) is 0 Å². The summed E-state index contributed by atoms with van der Waals surface area (Å²) in [5.74, 6) is -1.30. The van der Waals surface area contributed by atoms with E-state index in [-0.39, 0.29) is 6.04 Å². The first-order valence-corrected chi connectivity index (χ1v) is 10.3. The summed E-state index contributed by atoms with van der Waals surface area (Å²) < 4.78 is 6.86. The smallest absolute Gasteiger partial charge is 0.342 e. The summed E-state index contributed by atoms with van der Waals surface area (Å²) in [6, 6.07) is 9.33. The molecule has 2 aromatic rings. The fourth-order valence-corrected chi connectivity index (χ4v) is 3.74. The molecule has 3 amide bonds. The van der Waals surface area contributed by atoms with Gasteiger partial charge < -0.3 is 10.1 Å². The minimum atomic E-state index is -0.663. The Hall–Kier alpha value is -3.16. The van der Waals surface area contributed by atoms with Gasteiger partial charge in [0.25, 0.3) is 5.91 Å². The van der Waals surface area contributed by atoms with E-state index in [1.54, 1.807) is 18.5 Å². The molecule has 0 aliphatic heterocycles. The zero-order valence-electron chi connectivity index (χ0n) is 17.4. The van der Waals surface area contributed by atoms with E-state index >= 15 is 0 Å². The number of urea groups is 1. The summed E-state index contributed by atoms with van der Waals surface area (Å²) in [6.45, 7) is 3.52. The fourth-order valence-electron chi connectivity index (χ4n) is 3.74. The Bertz CT molecular complexity index is 901. The van der Waals surface area contributed by atoms with Gasteiger partial charge in [-0.1, -0.05) is 49.6 Å². The van der Waals surface area contributed by atoms with Crippen LogP contribution in [-0.4, -0.2) is 40.3 Å². The molecule has 0 unspecified atom stereocenters. The summed E-state index contributed by atoms with van der Waals surface area (Å²) >= 11 is 0. The lowest BCUT2D eigenvalue weighted by Crippen LogP contribution is -2.46. The molecule has 1 fully saturated rings. The lowest BCUT2D eigenvalue weighted by molar-refractivity contribution is -0.123. The van der Waals surface area contributed by atoms with Crippen LogP contribution in [0.25, 0.3) is 0 Å². The molecule has 2 N–H and O–H groups in total. The minimum Gasteiger partial charge on any atom is -0.452 e. The number of aromatic nitrogens is 2. The predicted octanol–water partition coefficient (Wildman–Crippen LogP) is 2.86. The molecular weight excluding hydrogens is 384 g/mol. The number of benzene rings is 1. The molecule has 0 spiro atoms. The molecule has 1 heterocycles. The van der Waals surface area contributed by atoms with Gasteiger partial charge in [0.1, 0.15) is 5.56 Å². The van der Waals surface area contributed by atoms with E-state index in [0.717, 1.165) is 31.2 Å². The van der Waals surface area contributed by atoms with Crippen LogP contribution in [0.4, 0.5) is 4.79 Å². The van der Waals surface area contributed by atoms with Gasteiger partial charge in [-0.25, -0.2) is 9.59 Å². The molecule has 1 aromatic heterocycles. The van der Waals surface area contributed by atoms with Crippen molar-refractivity contribution in [1.82, 2.24) is 20.4 Å².